The Labute approximate surface area is 282 Å². The van der Waals surface area contributed by atoms with Crippen LogP contribution in [-0.2, 0) is 15.9 Å². The van der Waals surface area contributed by atoms with E-state index in [1.165, 1.54) is 11.3 Å². The van der Waals surface area contributed by atoms with Crippen molar-refractivity contribution in [3.05, 3.63) is 51.8 Å². The van der Waals surface area contributed by atoms with Crippen LogP contribution in [0.2, 0.25) is 43.8 Å². The second-order valence-electron chi connectivity index (χ2n) is 14.2. The fourth-order valence-electron chi connectivity index (χ4n) is 4.27. The van der Waals surface area contributed by atoms with Gasteiger partial charge in [-0.05, 0) is 67.7 Å². The summed E-state index contributed by atoms with van der Waals surface area (Å²) in [5.41, 5.74) is 1.95. The Balaban J connectivity index is 1.58. The van der Waals surface area contributed by atoms with Gasteiger partial charge in [0.1, 0.15) is 6.73 Å². The molecule has 1 aromatic carbocycles. The van der Waals surface area contributed by atoms with Crippen molar-refractivity contribution >= 4 is 72.0 Å². The minimum Gasteiger partial charge on any atom is -0.476 e. The molecule has 0 aliphatic carbocycles. The summed E-state index contributed by atoms with van der Waals surface area (Å²) in [5.74, 6) is 0.0777. The number of aromatic nitrogens is 4. The highest BCUT2D eigenvalue weighted by Crippen LogP contribution is 2.36. The summed E-state index contributed by atoms with van der Waals surface area (Å²) in [6.45, 7) is 22.7. The third-order valence-corrected chi connectivity index (χ3v) is 16.4. The van der Waals surface area contributed by atoms with E-state index in [4.69, 9.17) is 14.2 Å². The van der Waals surface area contributed by atoms with Crippen LogP contribution in [0.4, 0.5) is 16.8 Å². The normalized spacial score (nSPS) is 13.1. The molecule has 14 heteroatoms. The number of aryl methyl sites for hydroxylation is 1. The molecule has 0 aliphatic heterocycles. The molecule has 0 unspecified atom stereocenters. The average molecular weight is 701 g/mol. The predicted octanol–water partition coefficient (Wildman–Crippen LogP) is 8.44. The number of benzene rings is 1. The zero-order valence-electron chi connectivity index (χ0n) is 28.6. The van der Waals surface area contributed by atoms with Gasteiger partial charge in [-0.15, -0.1) is 21.5 Å². The Bertz CT molecular complexity index is 1700. The number of carboxylic acid groups (broad SMARTS) is 1. The van der Waals surface area contributed by atoms with Crippen molar-refractivity contribution < 1.29 is 19.1 Å². The Morgan fingerprint density at radius 3 is 2.48 bits per heavy atom. The first kappa shape index (κ1) is 36.1. The molecule has 0 amide bonds. The van der Waals surface area contributed by atoms with Gasteiger partial charge in [0, 0.05) is 33.2 Å². The summed E-state index contributed by atoms with van der Waals surface area (Å²) in [4.78, 5) is 23.7. The lowest BCUT2D eigenvalue weighted by Crippen LogP contribution is -2.41. The molecule has 10 nitrogen and oxygen atoms in total. The van der Waals surface area contributed by atoms with Crippen molar-refractivity contribution in [3.8, 4) is 0 Å². The van der Waals surface area contributed by atoms with Crippen molar-refractivity contribution in [3.63, 3.8) is 0 Å². The zero-order valence-corrected chi connectivity index (χ0v) is 32.2. The highest BCUT2D eigenvalue weighted by atomic mass is 32.1. The van der Waals surface area contributed by atoms with Crippen LogP contribution < -0.4 is 9.70 Å². The number of rotatable bonds is 15. The number of fused-ring (bicyclic) bond motifs is 1. The minimum absolute atomic E-state index is 0.0175. The molecule has 4 rings (SSSR count). The second kappa shape index (κ2) is 15.0. The summed E-state index contributed by atoms with van der Waals surface area (Å²) < 4.78 is 15.7. The van der Waals surface area contributed by atoms with E-state index in [0.717, 1.165) is 46.1 Å². The molecule has 0 radical (unpaired) electrons. The standard InChI is InChI=1S/C32H48N6O4S2Si2/c1-23-20-27(37(30-33-24(21-43-30)29(39)40)16-12-13-17-42-46(8,9)32(2,3)4)35-36-28(23)34-31-38(22-41-18-19-45(5,6)7)25-14-10-11-15-26(25)44-31/h10-11,14-15,20-21H,12-13,16-19,22H2,1-9H3,(H,39,40). The van der Waals surface area contributed by atoms with Gasteiger partial charge >= 0.3 is 5.97 Å². The molecule has 46 heavy (non-hydrogen) atoms. The molecule has 3 heterocycles. The number of para-hydroxylation sites is 1. The molecule has 0 aliphatic rings. The van der Waals surface area contributed by atoms with Crippen LogP contribution in [0.15, 0.2) is 40.7 Å². The highest BCUT2D eigenvalue weighted by molar-refractivity contribution is 7.16. The maximum absolute atomic E-state index is 11.6. The summed E-state index contributed by atoms with van der Waals surface area (Å²) in [6, 6.07) is 11.3. The van der Waals surface area contributed by atoms with E-state index in [1.807, 2.05) is 30.0 Å². The minimum atomic E-state index is -1.83. The highest BCUT2D eigenvalue weighted by Gasteiger charge is 2.36. The van der Waals surface area contributed by atoms with E-state index >= 15 is 0 Å². The molecule has 0 spiro atoms. The van der Waals surface area contributed by atoms with Gasteiger partial charge in [-0.2, -0.15) is 4.99 Å². The molecular formula is C32H48N6O4S2Si2. The number of thiazole rings is 2. The van der Waals surface area contributed by atoms with Crippen LogP contribution in [0.5, 0.6) is 0 Å². The lowest BCUT2D eigenvalue weighted by Gasteiger charge is -2.36. The average Bonchev–Trinajstić information content (AvgIpc) is 3.58. The van der Waals surface area contributed by atoms with Gasteiger partial charge in [-0.1, -0.05) is 63.9 Å². The summed E-state index contributed by atoms with van der Waals surface area (Å²) in [6.07, 6.45) is 1.69. The van der Waals surface area contributed by atoms with Crippen LogP contribution in [0, 0.1) is 6.92 Å². The fourth-order valence-corrected chi connectivity index (χ4v) is 7.97. The van der Waals surface area contributed by atoms with Gasteiger partial charge in [-0.3, -0.25) is 4.57 Å². The number of carboxylic acids is 1. The van der Waals surface area contributed by atoms with Gasteiger partial charge in [0.2, 0.25) is 0 Å². The predicted molar refractivity (Wildman–Crippen MR) is 194 cm³/mol. The first-order chi connectivity index (χ1) is 21.6. The van der Waals surface area contributed by atoms with Crippen molar-refractivity contribution in [2.45, 2.75) is 91.1 Å². The second-order valence-corrected chi connectivity index (χ2v) is 26.5. The maximum atomic E-state index is 11.6. The lowest BCUT2D eigenvalue weighted by molar-refractivity contribution is 0.0691. The number of anilines is 2. The molecule has 0 saturated heterocycles. The molecule has 0 atom stereocenters. The molecule has 0 bridgehead atoms. The number of aromatic carboxylic acids is 1. The van der Waals surface area contributed by atoms with Crippen LogP contribution >= 0.6 is 22.7 Å². The van der Waals surface area contributed by atoms with Crippen LogP contribution in [-0.4, -0.2) is 67.0 Å². The SMILES string of the molecule is Cc1cc(N(CCCCO[Si](C)(C)C(C)(C)C)c2nc(C(=O)O)cs2)nnc1N=c1sc2ccccc2n1COCC[Si](C)(C)C. The molecule has 0 fully saturated rings. The van der Waals surface area contributed by atoms with Gasteiger partial charge in [0.05, 0.1) is 10.2 Å². The van der Waals surface area contributed by atoms with Crippen molar-refractivity contribution in [1.29, 1.82) is 0 Å². The van der Waals surface area contributed by atoms with Crippen molar-refractivity contribution in [2.75, 3.05) is 24.7 Å². The Morgan fingerprint density at radius 1 is 1.09 bits per heavy atom. The van der Waals surface area contributed by atoms with E-state index in [-0.39, 0.29) is 10.7 Å². The smallest absolute Gasteiger partial charge is 0.355 e. The van der Waals surface area contributed by atoms with Crippen LogP contribution in [0.3, 0.4) is 0 Å². The van der Waals surface area contributed by atoms with E-state index in [0.29, 0.717) is 36.6 Å². The Morgan fingerprint density at radius 2 is 1.83 bits per heavy atom. The number of unbranched alkanes of at least 4 members (excludes halogenated alkanes) is 1. The van der Waals surface area contributed by atoms with Crippen LogP contribution in [0.25, 0.3) is 10.2 Å². The van der Waals surface area contributed by atoms with Gasteiger partial charge in [0.15, 0.2) is 35.6 Å². The topological polar surface area (TPSA) is 115 Å². The number of nitrogens with zero attached hydrogens (tertiary/aromatic N) is 6. The van der Waals surface area contributed by atoms with Crippen molar-refractivity contribution in [2.24, 2.45) is 4.99 Å². The zero-order chi connectivity index (χ0) is 33.7. The monoisotopic (exact) mass is 700 g/mol. The quantitative estimate of drug-likeness (QED) is 0.0971. The number of hydrogen-bond donors (Lipinski definition) is 1. The largest absolute Gasteiger partial charge is 0.476 e. The summed E-state index contributed by atoms with van der Waals surface area (Å²) in [7, 11) is -3.03. The first-order valence-corrected chi connectivity index (χ1v) is 24.0. The van der Waals surface area contributed by atoms with E-state index in [9.17, 15) is 9.90 Å². The number of hydrogen-bond acceptors (Lipinski definition) is 10. The molecule has 4 aromatic rings. The summed E-state index contributed by atoms with van der Waals surface area (Å²) >= 11 is 2.88. The van der Waals surface area contributed by atoms with E-state index in [1.54, 1.807) is 16.7 Å². The molecule has 0 saturated carbocycles. The number of ether oxygens (including phenoxy) is 1. The lowest BCUT2D eigenvalue weighted by atomic mass is 10.2. The number of carbonyl (C=O) groups is 1. The van der Waals surface area contributed by atoms with Gasteiger partial charge < -0.3 is 19.2 Å². The van der Waals surface area contributed by atoms with Gasteiger partial charge in [-0.25, -0.2) is 9.78 Å². The molecule has 1 N–H and O–H groups in total. The first-order valence-electron chi connectivity index (χ1n) is 15.7. The molecule has 3 aromatic heterocycles. The summed E-state index contributed by atoms with van der Waals surface area (Å²) in [5, 5.41) is 20.9. The maximum Gasteiger partial charge on any atom is 0.355 e. The fraction of sp³-hybridized carbons (Fsp3) is 0.531. The molecule has 250 valence electrons. The van der Waals surface area contributed by atoms with E-state index < -0.39 is 22.4 Å². The molecular weight excluding hydrogens is 653 g/mol. The van der Waals surface area contributed by atoms with Gasteiger partial charge in [0.25, 0.3) is 0 Å². The van der Waals surface area contributed by atoms with Crippen LogP contribution in [0.1, 0.15) is 49.7 Å². The third-order valence-electron chi connectivity index (χ3n) is 8.22. The van der Waals surface area contributed by atoms with E-state index in [2.05, 4.69) is 85.4 Å². The Kier molecular flexibility index (Phi) is 11.8. The third kappa shape index (κ3) is 9.41. The van der Waals surface area contributed by atoms with Crippen molar-refractivity contribution in [1.82, 2.24) is 19.7 Å². The Hall–Kier alpha value is -2.76.